The van der Waals surface area contributed by atoms with Gasteiger partial charge in [0.25, 0.3) is 0 Å². The van der Waals surface area contributed by atoms with Crippen LogP contribution in [0.25, 0.3) is 0 Å². The Morgan fingerprint density at radius 2 is 1.75 bits per heavy atom. The van der Waals surface area contributed by atoms with Gasteiger partial charge in [-0.15, -0.1) is 0 Å². The highest BCUT2D eigenvalue weighted by Gasteiger charge is 2.53. The number of nitrogens with one attached hydrogen (secondary N) is 1. The van der Waals surface area contributed by atoms with E-state index in [9.17, 15) is 0 Å². The molecule has 0 radical (unpaired) electrons. The third-order valence-electron chi connectivity index (χ3n) is 4.74. The molecule has 2 atom stereocenters. The van der Waals surface area contributed by atoms with Gasteiger partial charge in [0.15, 0.2) is 0 Å². The van der Waals surface area contributed by atoms with Crippen molar-refractivity contribution in [3.63, 3.8) is 0 Å². The average molecular weight is 284 g/mol. The molecule has 4 heteroatoms. The van der Waals surface area contributed by atoms with E-state index in [1.165, 1.54) is 0 Å². The topological polar surface area (TPSA) is 33.7 Å². The van der Waals surface area contributed by atoms with E-state index >= 15 is 0 Å². The molecule has 0 aromatic rings. The number of hydrogen-bond donors (Lipinski definition) is 1. The minimum Gasteiger partial charge on any atom is -0.379 e. The fourth-order valence-electron chi connectivity index (χ4n) is 3.78. The molecule has 0 aromatic heterocycles. The van der Waals surface area contributed by atoms with Crippen molar-refractivity contribution in [2.45, 2.75) is 58.3 Å². The Balaban J connectivity index is 2.07. The van der Waals surface area contributed by atoms with Crippen molar-refractivity contribution in [2.24, 2.45) is 5.92 Å². The van der Waals surface area contributed by atoms with Gasteiger partial charge in [-0.2, -0.15) is 0 Å². The van der Waals surface area contributed by atoms with Crippen molar-refractivity contribution < 1.29 is 9.47 Å². The van der Waals surface area contributed by atoms with Gasteiger partial charge in [0.1, 0.15) is 0 Å². The fourth-order valence-corrected chi connectivity index (χ4v) is 3.78. The lowest BCUT2D eigenvalue weighted by Gasteiger charge is -2.36. The Morgan fingerprint density at radius 1 is 1.10 bits per heavy atom. The maximum Gasteiger partial charge on any atom is 0.0790 e. The highest BCUT2D eigenvalue weighted by molar-refractivity contribution is 5.06. The maximum absolute atomic E-state index is 6.38. The van der Waals surface area contributed by atoms with Crippen LogP contribution in [0.1, 0.15) is 41.0 Å². The number of nitrogens with zero attached hydrogens (tertiary/aromatic N) is 1. The van der Waals surface area contributed by atoms with Crippen LogP contribution in [0.5, 0.6) is 0 Å². The number of ether oxygens (including phenoxy) is 2. The molecule has 2 aliphatic rings. The van der Waals surface area contributed by atoms with Crippen LogP contribution in [0, 0.1) is 5.92 Å². The van der Waals surface area contributed by atoms with E-state index in [2.05, 4.69) is 44.8 Å². The van der Waals surface area contributed by atoms with Gasteiger partial charge in [0.05, 0.1) is 24.4 Å². The molecule has 2 fully saturated rings. The van der Waals surface area contributed by atoms with Gasteiger partial charge in [0, 0.05) is 31.6 Å². The minimum absolute atomic E-state index is 0.0762. The first-order valence-corrected chi connectivity index (χ1v) is 8.10. The fraction of sp³-hybridized carbons (Fsp3) is 1.00. The Bertz CT molecular complexity index is 312. The molecule has 2 aliphatic heterocycles. The zero-order valence-electron chi connectivity index (χ0n) is 13.9. The largest absolute Gasteiger partial charge is 0.379 e. The first-order valence-electron chi connectivity index (χ1n) is 8.10. The Kier molecular flexibility index (Phi) is 5.11. The predicted molar refractivity (Wildman–Crippen MR) is 82.1 cm³/mol. The first kappa shape index (κ1) is 16.2. The molecule has 4 nitrogen and oxygen atoms in total. The zero-order chi connectivity index (χ0) is 14.8. The summed E-state index contributed by atoms with van der Waals surface area (Å²) in [6, 6.07) is 0.417. The van der Waals surface area contributed by atoms with E-state index in [0.29, 0.717) is 12.0 Å². The second kappa shape index (κ2) is 6.30. The van der Waals surface area contributed by atoms with Crippen molar-refractivity contribution in [2.75, 3.05) is 39.4 Å². The van der Waals surface area contributed by atoms with E-state index in [1.54, 1.807) is 0 Å². The normalized spacial score (nSPS) is 33.5. The Morgan fingerprint density at radius 3 is 2.35 bits per heavy atom. The maximum atomic E-state index is 6.38. The Hall–Kier alpha value is -0.160. The van der Waals surface area contributed by atoms with Gasteiger partial charge in [-0.3, -0.25) is 4.90 Å². The molecule has 0 bridgehead atoms. The van der Waals surface area contributed by atoms with Gasteiger partial charge >= 0.3 is 0 Å². The number of morpholine rings is 1. The van der Waals surface area contributed by atoms with Crippen LogP contribution < -0.4 is 5.32 Å². The quantitative estimate of drug-likeness (QED) is 0.836. The molecule has 2 unspecified atom stereocenters. The molecule has 2 heterocycles. The molecule has 0 aromatic carbocycles. The van der Waals surface area contributed by atoms with Gasteiger partial charge < -0.3 is 14.8 Å². The predicted octanol–water partition coefficient (Wildman–Crippen LogP) is 1.89. The molecule has 0 aliphatic carbocycles. The van der Waals surface area contributed by atoms with Gasteiger partial charge in [-0.1, -0.05) is 6.92 Å². The van der Waals surface area contributed by atoms with E-state index in [-0.39, 0.29) is 11.2 Å². The highest BCUT2D eigenvalue weighted by atomic mass is 16.5. The van der Waals surface area contributed by atoms with Gasteiger partial charge in [0.2, 0.25) is 0 Å². The van der Waals surface area contributed by atoms with Crippen LogP contribution in [0.3, 0.4) is 0 Å². The first-order chi connectivity index (χ1) is 9.37. The highest BCUT2D eigenvalue weighted by Crippen LogP contribution is 2.42. The van der Waals surface area contributed by atoms with Crippen molar-refractivity contribution in [1.82, 2.24) is 10.2 Å². The third kappa shape index (κ3) is 3.53. The van der Waals surface area contributed by atoms with E-state index in [1.807, 2.05) is 0 Å². The van der Waals surface area contributed by atoms with Crippen LogP contribution >= 0.6 is 0 Å². The summed E-state index contributed by atoms with van der Waals surface area (Å²) in [6.45, 7) is 17.1. The lowest BCUT2D eigenvalue weighted by atomic mass is 9.82. The molecular formula is C16H32N2O2. The second-order valence-corrected chi connectivity index (χ2v) is 7.26. The standard InChI is InChI=1S/C16H32N2O2/c1-6-7-17-14-13(12-18-8-10-19-11-9-18)15(2,3)20-16(14,4)5/h13-14,17H,6-12H2,1-5H3. The Labute approximate surface area is 124 Å². The van der Waals surface area contributed by atoms with Crippen molar-refractivity contribution >= 4 is 0 Å². The van der Waals surface area contributed by atoms with Crippen molar-refractivity contribution in [3.05, 3.63) is 0 Å². The van der Waals surface area contributed by atoms with Crippen LogP contribution in [0.15, 0.2) is 0 Å². The summed E-state index contributed by atoms with van der Waals surface area (Å²) in [7, 11) is 0. The summed E-state index contributed by atoms with van der Waals surface area (Å²) in [5.41, 5.74) is -0.178. The third-order valence-corrected chi connectivity index (χ3v) is 4.74. The summed E-state index contributed by atoms with van der Waals surface area (Å²) in [6.07, 6.45) is 1.16. The lowest BCUT2D eigenvalue weighted by molar-refractivity contribution is -0.0813. The molecule has 1 N–H and O–H groups in total. The van der Waals surface area contributed by atoms with Crippen LogP contribution in [-0.2, 0) is 9.47 Å². The van der Waals surface area contributed by atoms with Crippen molar-refractivity contribution in [1.29, 1.82) is 0 Å². The van der Waals surface area contributed by atoms with E-state index < -0.39 is 0 Å². The molecule has 2 rings (SSSR count). The second-order valence-electron chi connectivity index (χ2n) is 7.26. The van der Waals surface area contributed by atoms with Gasteiger partial charge in [-0.25, -0.2) is 0 Å². The SMILES string of the molecule is CCCNC1C(CN2CCOCC2)C(C)(C)OC1(C)C. The molecule has 0 saturated carbocycles. The van der Waals surface area contributed by atoms with Gasteiger partial charge in [-0.05, 0) is 40.7 Å². The minimum atomic E-state index is -0.102. The van der Waals surface area contributed by atoms with Crippen LogP contribution in [0.4, 0.5) is 0 Å². The molecule has 0 spiro atoms. The molecular weight excluding hydrogens is 252 g/mol. The summed E-state index contributed by atoms with van der Waals surface area (Å²) < 4.78 is 11.8. The molecule has 118 valence electrons. The van der Waals surface area contributed by atoms with E-state index in [0.717, 1.165) is 45.8 Å². The molecule has 2 saturated heterocycles. The lowest BCUT2D eigenvalue weighted by Crippen LogP contribution is -2.52. The summed E-state index contributed by atoms with van der Waals surface area (Å²) in [4.78, 5) is 2.53. The number of rotatable bonds is 5. The number of hydrogen-bond acceptors (Lipinski definition) is 4. The monoisotopic (exact) mass is 284 g/mol. The van der Waals surface area contributed by atoms with Crippen molar-refractivity contribution in [3.8, 4) is 0 Å². The van der Waals surface area contributed by atoms with Crippen LogP contribution in [0.2, 0.25) is 0 Å². The molecule has 0 amide bonds. The van der Waals surface area contributed by atoms with E-state index in [4.69, 9.17) is 9.47 Å². The summed E-state index contributed by atoms with van der Waals surface area (Å²) in [5.74, 6) is 0.516. The average Bonchev–Trinajstić information content (AvgIpc) is 2.54. The van der Waals surface area contributed by atoms with Crippen LogP contribution in [-0.4, -0.2) is 61.5 Å². The summed E-state index contributed by atoms with van der Waals surface area (Å²) >= 11 is 0. The summed E-state index contributed by atoms with van der Waals surface area (Å²) in [5, 5.41) is 3.73. The molecule has 20 heavy (non-hydrogen) atoms. The zero-order valence-corrected chi connectivity index (χ0v) is 13.9. The smallest absolute Gasteiger partial charge is 0.0790 e.